The molecule has 0 fully saturated rings. The van der Waals surface area contributed by atoms with Crippen LogP contribution in [0.4, 0.5) is 4.39 Å². The summed E-state index contributed by atoms with van der Waals surface area (Å²) in [6.07, 6.45) is 0. The number of nitrogens with one attached hydrogen (secondary N) is 1. The van der Waals surface area contributed by atoms with Gasteiger partial charge < -0.3 is 5.32 Å². The zero-order valence-corrected chi connectivity index (χ0v) is 11.7. The quantitative estimate of drug-likeness (QED) is 0.868. The predicted molar refractivity (Wildman–Crippen MR) is 77.8 cm³/mol. The first-order valence-corrected chi connectivity index (χ1v) is 6.68. The van der Waals surface area contributed by atoms with Crippen LogP contribution < -0.4 is 5.32 Å². The van der Waals surface area contributed by atoms with Crippen molar-refractivity contribution in [2.75, 3.05) is 6.54 Å². The van der Waals surface area contributed by atoms with E-state index in [0.717, 1.165) is 12.1 Å². The van der Waals surface area contributed by atoms with Crippen LogP contribution in [0.15, 0.2) is 42.5 Å². The molecular weight excluding hydrogens is 237 g/mol. The second kappa shape index (κ2) is 5.98. The molecule has 0 aliphatic carbocycles. The highest BCUT2D eigenvalue weighted by atomic mass is 19.1. The van der Waals surface area contributed by atoms with Crippen molar-refractivity contribution in [1.29, 1.82) is 0 Å². The molecule has 1 unspecified atom stereocenters. The molecule has 1 atom stereocenters. The molecule has 0 bridgehead atoms. The van der Waals surface area contributed by atoms with Crippen molar-refractivity contribution in [3.05, 3.63) is 70.5 Å². The summed E-state index contributed by atoms with van der Waals surface area (Å²) in [4.78, 5) is 0. The summed E-state index contributed by atoms with van der Waals surface area (Å²) in [6, 6.07) is 13.2. The molecule has 100 valence electrons. The highest BCUT2D eigenvalue weighted by Gasteiger charge is 2.18. The van der Waals surface area contributed by atoms with Crippen LogP contribution in [0.2, 0.25) is 0 Å². The maximum atomic E-state index is 14.0. The lowest BCUT2D eigenvalue weighted by Crippen LogP contribution is -2.23. The summed E-state index contributed by atoms with van der Waals surface area (Å²) < 4.78 is 14.0. The molecule has 0 amide bonds. The maximum absolute atomic E-state index is 14.0. The van der Waals surface area contributed by atoms with Gasteiger partial charge in [0.1, 0.15) is 5.82 Å². The lowest BCUT2D eigenvalue weighted by atomic mass is 9.93. The van der Waals surface area contributed by atoms with Gasteiger partial charge in [0.05, 0.1) is 6.04 Å². The van der Waals surface area contributed by atoms with Crippen LogP contribution in [0.25, 0.3) is 0 Å². The molecule has 1 nitrogen and oxygen atoms in total. The summed E-state index contributed by atoms with van der Waals surface area (Å²) in [5.74, 6) is -0.158. The van der Waals surface area contributed by atoms with E-state index in [1.54, 1.807) is 6.07 Å². The molecule has 0 saturated heterocycles. The summed E-state index contributed by atoms with van der Waals surface area (Å²) >= 11 is 0. The standard InChI is InChI=1S/C17H20FN/c1-4-19-17(14-7-5-6-8-16(14)18)15-11-12(2)9-10-13(15)3/h5-11,17,19H,4H2,1-3H3. The van der Waals surface area contributed by atoms with E-state index >= 15 is 0 Å². The highest BCUT2D eigenvalue weighted by molar-refractivity contribution is 5.39. The van der Waals surface area contributed by atoms with E-state index in [0.29, 0.717) is 5.56 Å². The van der Waals surface area contributed by atoms with Crippen LogP contribution >= 0.6 is 0 Å². The van der Waals surface area contributed by atoms with Crippen molar-refractivity contribution >= 4 is 0 Å². The topological polar surface area (TPSA) is 12.0 Å². The Kier molecular flexibility index (Phi) is 4.33. The molecule has 0 aliphatic rings. The number of halogens is 1. The summed E-state index contributed by atoms with van der Waals surface area (Å²) in [5.41, 5.74) is 4.23. The van der Waals surface area contributed by atoms with Gasteiger partial charge in [0.2, 0.25) is 0 Å². The van der Waals surface area contributed by atoms with Crippen LogP contribution in [0.1, 0.15) is 35.2 Å². The Morgan fingerprint density at radius 1 is 1.05 bits per heavy atom. The molecule has 1 N–H and O–H groups in total. The molecule has 2 heteroatoms. The zero-order valence-electron chi connectivity index (χ0n) is 11.7. The zero-order chi connectivity index (χ0) is 13.8. The van der Waals surface area contributed by atoms with Gasteiger partial charge in [-0.3, -0.25) is 0 Å². The number of aryl methyl sites for hydroxylation is 2. The van der Waals surface area contributed by atoms with E-state index in [4.69, 9.17) is 0 Å². The first-order valence-electron chi connectivity index (χ1n) is 6.68. The maximum Gasteiger partial charge on any atom is 0.128 e. The third-order valence-electron chi connectivity index (χ3n) is 3.37. The molecule has 0 heterocycles. The predicted octanol–water partition coefficient (Wildman–Crippen LogP) is 4.14. The van der Waals surface area contributed by atoms with E-state index in [9.17, 15) is 4.39 Å². The van der Waals surface area contributed by atoms with E-state index in [1.807, 2.05) is 19.1 Å². The van der Waals surface area contributed by atoms with Gasteiger partial charge in [0, 0.05) is 5.56 Å². The van der Waals surface area contributed by atoms with Crippen LogP contribution in [0.3, 0.4) is 0 Å². The number of benzene rings is 2. The van der Waals surface area contributed by atoms with Gasteiger partial charge in [-0.05, 0) is 37.6 Å². The third kappa shape index (κ3) is 3.02. The van der Waals surface area contributed by atoms with Gasteiger partial charge in [-0.25, -0.2) is 4.39 Å². The smallest absolute Gasteiger partial charge is 0.128 e. The fraction of sp³-hybridized carbons (Fsp3) is 0.294. The minimum absolute atomic E-state index is 0.0916. The fourth-order valence-electron chi connectivity index (χ4n) is 2.37. The minimum atomic E-state index is -0.158. The van der Waals surface area contributed by atoms with Crippen LogP contribution in [-0.2, 0) is 0 Å². The number of rotatable bonds is 4. The van der Waals surface area contributed by atoms with Crippen molar-refractivity contribution in [3.63, 3.8) is 0 Å². The fourth-order valence-corrected chi connectivity index (χ4v) is 2.37. The number of hydrogen-bond acceptors (Lipinski definition) is 1. The third-order valence-corrected chi connectivity index (χ3v) is 3.37. The SMILES string of the molecule is CCNC(c1cc(C)ccc1C)c1ccccc1F. The summed E-state index contributed by atoms with van der Waals surface area (Å²) in [5, 5.41) is 3.38. The lowest BCUT2D eigenvalue weighted by molar-refractivity contribution is 0.557. The Bertz CT molecular complexity index is 563. The lowest BCUT2D eigenvalue weighted by Gasteiger charge is -2.22. The molecular formula is C17H20FN. The second-order valence-electron chi connectivity index (χ2n) is 4.87. The average Bonchev–Trinajstić information content (AvgIpc) is 2.40. The Morgan fingerprint density at radius 3 is 2.47 bits per heavy atom. The van der Waals surface area contributed by atoms with Crippen LogP contribution in [0, 0.1) is 19.7 Å². The average molecular weight is 257 g/mol. The van der Waals surface area contributed by atoms with Gasteiger partial charge in [0.15, 0.2) is 0 Å². The summed E-state index contributed by atoms with van der Waals surface area (Å²) in [7, 11) is 0. The van der Waals surface area contributed by atoms with E-state index in [1.165, 1.54) is 17.2 Å². The molecule has 0 spiro atoms. The van der Waals surface area contributed by atoms with Crippen molar-refractivity contribution in [3.8, 4) is 0 Å². The minimum Gasteiger partial charge on any atom is -0.306 e. The van der Waals surface area contributed by atoms with Gasteiger partial charge in [0.25, 0.3) is 0 Å². The van der Waals surface area contributed by atoms with Gasteiger partial charge in [-0.1, -0.05) is 48.9 Å². The van der Waals surface area contributed by atoms with Crippen molar-refractivity contribution in [2.45, 2.75) is 26.8 Å². The van der Waals surface area contributed by atoms with Gasteiger partial charge in [-0.15, -0.1) is 0 Å². The Labute approximate surface area is 114 Å². The molecule has 0 radical (unpaired) electrons. The van der Waals surface area contributed by atoms with Crippen molar-refractivity contribution < 1.29 is 4.39 Å². The van der Waals surface area contributed by atoms with Crippen molar-refractivity contribution in [1.82, 2.24) is 5.32 Å². The van der Waals surface area contributed by atoms with Gasteiger partial charge in [-0.2, -0.15) is 0 Å². The molecule has 0 aliphatic heterocycles. The summed E-state index contributed by atoms with van der Waals surface area (Å²) in [6.45, 7) is 6.97. The molecule has 0 aromatic heterocycles. The van der Waals surface area contributed by atoms with Crippen LogP contribution in [0.5, 0.6) is 0 Å². The Morgan fingerprint density at radius 2 is 1.79 bits per heavy atom. The Hall–Kier alpha value is -1.67. The van der Waals surface area contributed by atoms with Crippen LogP contribution in [-0.4, -0.2) is 6.54 Å². The van der Waals surface area contributed by atoms with Gasteiger partial charge >= 0.3 is 0 Å². The largest absolute Gasteiger partial charge is 0.306 e. The van der Waals surface area contributed by atoms with E-state index in [-0.39, 0.29) is 11.9 Å². The molecule has 19 heavy (non-hydrogen) atoms. The second-order valence-corrected chi connectivity index (χ2v) is 4.87. The van der Waals surface area contributed by atoms with E-state index < -0.39 is 0 Å². The molecule has 0 saturated carbocycles. The number of hydrogen-bond donors (Lipinski definition) is 1. The first kappa shape index (κ1) is 13.8. The normalized spacial score (nSPS) is 12.4. The molecule has 2 rings (SSSR count). The molecule has 2 aromatic rings. The van der Waals surface area contributed by atoms with Crippen molar-refractivity contribution in [2.24, 2.45) is 0 Å². The molecule has 2 aromatic carbocycles. The first-order chi connectivity index (χ1) is 9.13. The van der Waals surface area contributed by atoms with E-state index in [2.05, 4.69) is 37.4 Å². The monoisotopic (exact) mass is 257 g/mol. The highest BCUT2D eigenvalue weighted by Crippen LogP contribution is 2.27. The Balaban J connectivity index is 2.51.